The van der Waals surface area contributed by atoms with Crippen LogP contribution in [-0.4, -0.2) is 28.6 Å². The largest absolute Gasteiger partial charge is 0.461 e. The van der Waals surface area contributed by atoms with E-state index in [1.165, 1.54) is 0 Å². The first-order chi connectivity index (χ1) is 8.56. The van der Waals surface area contributed by atoms with Gasteiger partial charge in [-0.15, -0.1) is 0 Å². The third kappa shape index (κ3) is 4.29. The molecule has 0 aliphatic carbocycles. The van der Waals surface area contributed by atoms with Gasteiger partial charge in [-0.3, -0.25) is 0 Å². The van der Waals surface area contributed by atoms with Crippen LogP contribution in [0.1, 0.15) is 43.7 Å². The molecule has 102 valence electrons. The monoisotopic (exact) mass is 270 g/mol. The second kappa shape index (κ2) is 7.36. The molecule has 1 heterocycles. The summed E-state index contributed by atoms with van der Waals surface area (Å²) in [5.41, 5.74) is 6.85. The molecule has 0 unspecified atom stereocenters. The van der Waals surface area contributed by atoms with Crippen LogP contribution in [0.25, 0.3) is 0 Å². The van der Waals surface area contributed by atoms with E-state index in [4.69, 9.17) is 10.5 Å². The van der Waals surface area contributed by atoms with Crippen molar-refractivity contribution in [3.8, 4) is 0 Å². The van der Waals surface area contributed by atoms with Crippen molar-refractivity contribution in [3.05, 3.63) is 18.0 Å². The summed E-state index contributed by atoms with van der Waals surface area (Å²) in [6.07, 6.45) is 2.66. The Balaban J connectivity index is 2.51. The van der Waals surface area contributed by atoms with Gasteiger partial charge in [-0.05, 0) is 37.8 Å². The highest BCUT2D eigenvalue weighted by Crippen LogP contribution is 2.17. The molecule has 1 aromatic heterocycles. The molecule has 1 aromatic rings. The quantitative estimate of drug-likeness (QED) is 0.611. The number of hydrogen-bond donors (Lipinski definition) is 1. The van der Waals surface area contributed by atoms with Crippen molar-refractivity contribution >= 4 is 23.4 Å². The minimum Gasteiger partial charge on any atom is -0.461 e. The normalized spacial score (nSPS) is 10.9. The van der Waals surface area contributed by atoms with Crippen LogP contribution >= 0.6 is 11.8 Å². The van der Waals surface area contributed by atoms with Crippen LogP contribution in [0.3, 0.4) is 0 Å². The second-order valence-electron chi connectivity index (χ2n) is 4.35. The highest BCUT2D eigenvalue weighted by Gasteiger charge is 2.15. The van der Waals surface area contributed by atoms with Crippen molar-refractivity contribution in [1.82, 2.24) is 4.57 Å². The zero-order valence-electron chi connectivity index (χ0n) is 11.3. The molecule has 0 radical (unpaired) electrons. The molecule has 1 rings (SSSR count). The number of thioether (sulfide) groups is 1. The zero-order chi connectivity index (χ0) is 13.5. The van der Waals surface area contributed by atoms with Gasteiger partial charge in [-0.1, -0.05) is 6.92 Å². The fraction of sp³-hybridized carbons (Fsp3) is 0.615. The molecule has 0 amide bonds. The number of rotatable bonds is 7. The molecular formula is C13H22N2O2S. The lowest BCUT2D eigenvalue weighted by Crippen LogP contribution is -2.14. The van der Waals surface area contributed by atoms with Crippen LogP contribution in [0.4, 0.5) is 5.69 Å². The topological polar surface area (TPSA) is 57.2 Å². The van der Waals surface area contributed by atoms with E-state index in [0.717, 1.165) is 17.9 Å². The maximum atomic E-state index is 11.9. The Hall–Kier alpha value is -1.10. The van der Waals surface area contributed by atoms with Gasteiger partial charge in [0.2, 0.25) is 0 Å². The standard InChI is InChI=1S/C13H22N2O2S/c1-4-18-7-5-6-17-13(16)12-8-11(14)9-15(12)10(2)3/h8-10H,4-7,14H2,1-3H3. The van der Waals surface area contributed by atoms with E-state index >= 15 is 0 Å². The van der Waals surface area contributed by atoms with Gasteiger partial charge in [0.05, 0.1) is 12.3 Å². The van der Waals surface area contributed by atoms with E-state index in [1.807, 2.05) is 30.2 Å². The molecule has 0 saturated heterocycles. The zero-order valence-corrected chi connectivity index (χ0v) is 12.1. The highest BCUT2D eigenvalue weighted by atomic mass is 32.2. The van der Waals surface area contributed by atoms with Crippen LogP contribution in [0.15, 0.2) is 12.3 Å². The Bertz CT molecular complexity index is 388. The molecule has 2 N–H and O–H groups in total. The molecule has 0 bridgehead atoms. The number of carbonyl (C=O) groups is 1. The summed E-state index contributed by atoms with van der Waals surface area (Å²) < 4.78 is 7.10. The maximum absolute atomic E-state index is 11.9. The minimum absolute atomic E-state index is 0.195. The van der Waals surface area contributed by atoms with Gasteiger partial charge in [0.25, 0.3) is 0 Å². The molecule has 0 spiro atoms. The summed E-state index contributed by atoms with van der Waals surface area (Å²) in [5, 5.41) is 0. The average Bonchev–Trinajstić information content (AvgIpc) is 2.71. The third-order valence-corrected chi connectivity index (χ3v) is 3.49. The van der Waals surface area contributed by atoms with Gasteiger partial charge in [0, 0.05) is 12.2 Å². The van der Waals surface area contributed by atoms with Gasteiger partial charge in [-0.2, -0.15) is 11.8 Å². The lowest BCUT2D eigenvalue weighted by atomic mass is 10.3. The molecule has 18 heavy (non-hydrogen) atoms. The summed E-state index contributed by atoms with van der Waals surface area (Å²) in [6.45, 7) is 6.60. The van der Waals surface area contributed by atoms with Gasteiger partial charge in [-0.25, -0.2) is 4.79 Å². The molecule has 0 aliphatic rings. The number of ether oxygens (including phenoxy) is 1. The van der Waals surface area contributed by atoms with Gasteiger partial charge in [0.15, 0.2) is 0 Å². The van der Waals surface area contributed by atoms with Crippen molar-refractivity contribution < 1.29 is 9.53 Å². The molecule has 0 aromatic carbocycles. The second-order valence-corrected chi connectivity index (χ2v) is 5.74. The molecule has 0 aliphatic heterocycles. The van der Waals surface area contributed by atoms with Gasteiger partial charge >= 0.3 is 5.97 Å². The molecule has 0 fully saturated rings. The lowest BCUT2D eigenvalue weighted by molar-refractivity contribution is 0.0492. The summed E-state index contributed by atoms with van der Waals surface area (Å²) >= 11 is 1.85. The van der Waals surface area contributed by atoms with Crippen LogP contribution in [0.5, 0.6) is 0 Å². The van der Waals surface area contributed by atoms with E-state index in [-0.39, 0.29) is 12.0 Å². The predicted octanol–water partition coefficient (Wildman–Crippen LogP) is 2.95. The Labute approximate surface area is 113 Å². The van der Waals surface area contributed by atoms with Crippen molar-refractivity contribution in [3.63, 3.8) is 0 Å². The number of nitrogen functional groups attached to an aromatic ring is 1. The Morgan fingerprint density at radius 1 is 1.56 bits per heavy atom. The Morgan fingerprint density at radius 2 is 2.28 bits per heavy atom. The summed E-state index contributed by atoms with van der Waals surface area (Å²) in [6, 6.07) is 1.86. The van der Waals surface area contributed by atoms with Gasteiger partial charge < -0.3 is 15.0 Å². The first-order valence-electron chi connectivity index (χ1n) is 6.28. The molecule has 0 atom stereocenters. The van der Waals surface area contributed by atoms with Crippen LogP contribution in [0, 0.1) is 0 Å². The highest BCUT2D eigenvalue weighted by molar-refractivity contribution is 7.99. The first kappa shape index (κ1) is 15.0. The van der Waals surface area contributed by atoms with Gasteiger partial charge in [0.1, 0.15) is 5.69 Å². The maximum Gasteiger partial charge on any atom is 0.355 e. The number of nitrogens with two attached hydrogens (primary N) is 1. The molecule has 4 nitrogen and oxygen atoms in total. The average molecular weight is 270 g/mol. The third-order valence-electron chi connectivity index (χ3n) is 2.51. The fourth-order valence-corrected chi connectivity index (χ4v) is 2.25. The summed E-state index contributed by atoms with van der Waals surface area (Å²) in [7, 11) is 0. The summed E-state index contributed by atoms with van der Waals surface area (Å²) in [4.78, 5) is 11.9. The van der Waals surface area contributed by atoms with Crippen molar-refractivity contribution in [2.75, 3.05) is 23.8 Å². The number of anilines is 1. The van der Waals surface area contributed by atoms with E-state index in [9.17, 15) is 4.79 Å². The minimum atomic E-state index is -0.290. The smallest absolute Gasteiger partial charge is 0.355 e. The van der Waals surface area contributed by atoms with E-state index in [1.54, 1.807) is 12.3 Å². The number of aromatic nitrogens is 1. The van der Waals surface area contributed by atoms with Crippen molar-refractivity contribution in [2.45, 2.75) is 33.2 Å². The van der Waals surface area contributed by atoms with E-state index in [0.29, 0.717) is 18.0 Å². The van der Waals surface area contributed by atoms with Crippen LogP contribution < -0.4 is 5.73 Å². The van der Waals surface area contributed by atoms with Crippen molar-refractivity contribution in [1.29, 1.82) is 0 Å². The molecular weight excluding hydrogens is 248 g/mol. The number of esters is 1. The summed E-state index contributed by atoms with van der Waals surface area (Å²) in [5.74, 6) is 1.83. The molecule has 0 saturated carbocycles. The van der Waals surface area contributed by atoms with Crippen LogP contribution in [-0.2, 0) is 4.74 Å². The first-order valence-corrected chi connectivity index (χ1v) is 7.44. The van der Waals surface area contributed by atoms with Crippen molar-refractivity contribution in [2.24, 2.45) is 0 Å². The van der Waals surface area contributed by atoms with E-state index < -0.39 is 0 Å². The predicted molar refractivity (Wildman–Crippen MR) is 77.1 cm³/mol. The fourth-order valence-electron chi connectivity index (χ4n) is 1.64. The Kier molecular flexibility index (Phi) is 6.12. The SMILES string of the molecule is CCSCCCOC(=O)c1cc(N)cn1C(C)C. The van der Waals surface area contributed by atoms with Crippen LogP contribution in [0.2, 0.25) is 0 Å². The molecule has 5 heteroatoms. The number of carbonyl (C=O) groups excluding carboxylic acids is 1. The Morgan fingerprint density at radius 3 is 2.89 bits per heavy atom. The number of nitrogens with zero attached hydrogens (tertiary/aromatic N) is 1. The lowest BCUT2D eigenvalue weighted by Gasteiger charge is -2.12. The number of hydrogen-bond acceptors (Lipinski definition) is 4. The van der Waals surface area contributed by atoms with E-state index in [2.05, 4.69) is 6.92 Å².